The van der Waals surface area contributed by atoms with Gasteiger partial charge in [0.2, 0.25) is 0 Å². The third-order valence-electron chi connectivity index (χ3n) is 1.63. The van der Waals surface area contributed by atoms with E-state index in [-0.39, 0.29) is 0 Å². The van der Waals surface area contributed by atoms with Gasteiger partial charge in [-0.15, -0.1) is 0 Å². The van der Waals surface area contributed by atoms with E-state index in [4.69, 9.17) is 0 Å². The highest BCUT2D eigenvalue weighted by Gasteiger charge is 2.19. The zero-order valence-electron chi connectivity index (χ0n) is 6.40. The van der Waals surface area contributed by atoms with Crippen molar-refractivity contribution >= 4 is 11.8 Å². The molecular weight excluding hydrogens is 160 g/mol. The van der Waals surface area contributed by atoms with Crippen molar-refractivity contribution in [2.45, 2.75) is 12.2 Å². The van der Waals surface area contributed by atoms with Crippen molar-refractivity contribution in [3.63, 3.8) is 0 Å². The van der Waals surface area contributed by atoms with E-state index in [0.29, 0.717) is 0 Å². The Morgan fingerprint density at radius 2 is 2.27 bits per heavy atom. The fourth-order valence-electron chi connectivity index (χ4n) is 1.02. The first-order chi connectivity index (χ1) is 5.25. The topological polar surface area (TPSA) is 40.5 Å². The Bertz CT molecular complexity index is 187. The maximum atomic E-state index is 9.39. The van der Waals surface area contributed by atoms with Crippen molar-refractivity contribution in [2.24, 2.45) is 0 Å². The van der Waals surface area contributed by atoms with Crippen molar-refractivity contribution in [3.8, 4) is 0 Å². The average molecular weight is 172 g/mol. The monoisotopic (exact) mass is 172 g/mol. The molecule has 2 N–H and O–H groups in total. The van der Waals surface area contributed by atoms with Gasteiger partial charge in [-0.3, -0.25) is 0 Å². The lowest BCUT2D eigenvalue weighted by molar-refractivity contribution is 0.0719. The van der Waals surface area contributed by atoms with Crippen molar-refractivity contribution in [2.75, 3.05) is 12.0 Å². The second kappa shape index (κ2) is 3.95. The van der Waals surface area contributed by atoms with Gasteiger partial charge in [-0.05, 0) is 11.8 Å². The molecule has 62 valence electrons. The normalized spacial score (nSPS) is 30.3. The summed E-state index contributed by atoms with van der Waals surface area (Å²) in [4.78, 5) is 0. The molecule has 1 aliphatic rings. The van der Waals surface area contributed by atoms with Gasteiger partial charge < -0.3 is 10.2 Å². The molecule has 0 aromatic carbocycles. The molecule has 0 saturated carbocycles. The largest absolute Gasteiger partial charge is 0.386 e. The second-order valence-electron chi connectivity index (χ2n) is 2.49. The number of rotatable bonds is 2. The Balaban J connectivity index is 2.62. The molecule has 11 heavy (non-hydrogen) atoms. The van der Waals surface area contributed by atoms with E-state index < -0.39 is 12.2 Å². The number of aliphatic hydroxyl groups is 2. The number of allylic oxidation sites excluding steroid dienone is 2. The molecule has 0 heterocycles. The fourth-order valence-corrected chi connectivity index (χ4v) is 1.62. The van der Waals surface area contributed by atoms with Gasteiger partial charge in [0, 0.05) is 5.75 Å². The van der Waals surface area contributed by atoms with Gasteiger partial charge in [-0.2, -0.15) is 11.8 Å². The van der Waals surface area contributed by atoms with Gasteiger partial charge in [0.1, 0.15) is 12.2 Å². The van der Waals surface area contributed by atoms with Crippen molar-refractivity contribution < 1.29 is 10.2 Å². The molecule has 0 saturated heterocycles. The van der Waals surface area contributed by atoms with Crippen LogP contribution in [0.2, 0.25) is 0 Å². The van der Waals surface area contributed by atoms with Gasteiger partial charge >= 0.3 is 0 Å². The van der Waals surface area contributed by atoms with Crippen LogP contribution in [0.5, 0.6) is 0 Å². The summed E-state index contributed by atoms with van der Waals surface area (Å²) in [6.45, 7) is 0. The quantitative estimate of drug-likeness (QED) is 0.639. The molecule has 2 nitrogen and oxygen atoms in total. The lowest BCUT2D eigenvalue weighted by Gasteiger charge is -2.20. The van der Waals surface area contributed by atoms with Gasteiger partial charge in [-0.1, -0.05) is 18.2 Å². The lowest BCUT2D eigenvalue weighted by Crippen LogP contribution is -2.28. The summed E-state index contributed by atoms with van der Waals surface area (Å²) in [5.74, 6) is 0.780. The molecule has 0 aromatic heterocycles. The highest BCUT2D eigenvalue weighted by molar-refractivity contribution is 7.98. The SMILES string of the molecule is CSCC1=CC=C[C@H](O)[C@@H]1O. The molecule has 0 bridgehead atoms. The highest BCUT2D eigenvalue weighted by atomic mass is 32.2. The minimum Gasteiger partial charge on any atom is -0.386 e. The van der Waals surface area contributed by atoms with Crippen LogP contribution in [0.25, 0.3) is 0 Å². The predicted molar refractivity (Wildman–Crippen MR) is 47.6 cm³/mol. The Morgan fingerprint density at radius 3 is 2.91 bits per heavy atom. The minimum absolute atomic E-state index is 0.701. The molecular formula is C8H12O2S. The summed E-state index contributed by atoms with van der Waals surface area (Å²) in [5.41, 5.74) is 0.896. The first-order valence-corrected chi connectivity index (χ1v) is 4.87. The Hall–Kier alpha value is -0.250. The van der Waals surface area contributed by atoms with E-state index in [2.05, 4.69) is 0 Å². The molecule has 2 atom stereocenters. The number of aliphatic hydroxyl groups excluding tert-OH is 2. The molecule has 0 fully saturated rings. The number of hydrogen-bond donors (Lipinski definition) is 2. The first kappa shape index (κ1) is 8.84. The lowest BCUT2D eigenvalue weighted by atomic mass is 10.0. The summed E-state index contributed by atoms with van der Waals surface area (Å²) in [5, 5.41) is 18.6. The highest BCUT2D eigenvalue weighted by Crippen LogP contribution is 2.16. The van der Waals surface area contributed by atoms with Crippen LogP contribution in [-0.4, -0.2) is 34.4 Å². The summed E-state index contributed by atoms with van der Waals surface area (Å²) in [6.07, 6.45) is 5.78. The van der Waals surface area contributed by atoms with Gasteiger partial charge in [0.05, 0.1) is 0 Å². The van der Waals surface area contributed by atoms with E-state index >= 15 is 0 Å². The third-order valence-corrected chi connectivity index (χ3v) is 2.25. The predicted octanol–water partition coefficient (Wildman–Crippen LogP) is 0.567. The molecule has 0 spiro atoms. The Kier molecular flexibility index (Phi) is 3.17. The molecule has 0 radical (unpaired) electrons. The van der Waals surface area contributed by atoms with Crippen LogP contribution in [0.15, 0.2) is 23.8 Å². The van der Waals surface area contributed by atoms with Crippen LogP contribution < -0.4 is 0 Å². The zero-order valence-corrected chi connectivity index (χ0v) is 7.21. The Labute approximate surface area is 70.6 Å². The van der Waals surface area contributed by atoms with Crippen LogP contribution in [0.1, 0.15) is 0 Å². The first-order valence-electron chi connectivity index (χ1n) is 3.48. The van der Waals surface area contributed by atoms with Crippen LogP contribution in [0.4, 0.5) is 0 Å². The summed E-state index contributed by atoms with van der Waals surface area (Å²) < 4.78 is 0. The average Bonchev–Trinajstić information content (AvgIpc) is 1.99. The molecule has 0 aromatic rings. The second-order valence-corrected chi connectivity index (χ2v) is 3.36. The molecule has 0 unspecified atom stereocenters. The summed E-state index contributed by atoms with van der Waals surface area (Å²) in [6, 6.07) is 0. The molecule has 1 rings (SSSR count). The molecule has 3 heteroatoms. The van der Waals surface area contributed by atoms with E-state index in [9.17, 15) is 10.2 Å². The van der Waals surface area contributed by atoms with E-state index in [0.717, 1.165) is 11.3 Å². The van der Waals surface area contributed by atoms with Gasteiger partial charge in [-0.25, -0.2) is 0 Å². The molecule has 0 aliphatic heterocycles. The third kappa shape index (κ3) is 2.09. The fraction of sp³-hybridized carbons (Fsp3) is 0.500. The van der Waals surface area contributed by atoms with Crippen molar-refractivity contribution in [1.29, 1.82) is 0 Å². The standard InChI is InChI=1S/C8H12O2S/c1-11-5-6-3-2-4-7(9)8(6)10/h2-4,7-10H,5H2,1H3/t7-,8+/m0/s1. The number of thioether (sulfide) groups is 1. The van der Waals surface area contributed by atoms with E-state index in [1.54, 1.807) is 23.9 Å². The van der Waals surface area contributed by atoms with Crippen LogP contribution in [0.3, 0.4) is 0 Å². The molecule has 0 amide bonds. The van der Waals surface area contributed by atoms with Crippen LogP contribution >= 0.6 is 11.8 Å². The van der Waals surface area contributed by atoms with Crippen LogP contribution in [0, 0.1) is 0 Å². The van der Waals surface area contributed by atoms with Crippen LogP contribution in [-0.2, 0) is 0 Å². The smallest absolute Gasteiger partial charge is 0.106 e. The number of hydrogen-bond acceptors (Lipinski definition) is 3. The van der Waals surface area contributed by atoms with Gasteiger partial charge in [0.15, 0.2) is 0 Å². The maximum Gasteiger partial charge on any atom is 0.106 e. The van der Waals surface area contributed by atoms with Crippen molar-refractivity contribution in [1.82, 2.24) is 0 Å². The zero-order chi connectivity index (χ0) is 8.27. The molecule has 1 aliphatic carbocycles. The minimum atomic E-state index is -0.720. The summed E-state index contributed by atoms with van der Waals surface area (Å²) >= 11 is 1.64. The van der Waals surface area contributed by atoms with Crippen molar-refractivity contribution in [3.05, 3.63) is 23.8 Å². The van der Waals surface area contributed by atoms with E-state index in [1.165, 1.54) is 0 Å². The van der Waals surface area contributed by atoms with Gasteiger partial charge in [0.25, 0.3) is 0 Å². The Morgan fingerprint density at radius 1 is 1.55 bits per heavy atom. The van der Waals surface area contributed by atoms with E-state index in [1.807, 2.05) is 12.3 Å². The summed E-state index contributed by atoms with van der Waals surface area (Å²) in [7, 11) is 0. The maximum absolute atomic E-state index is 9.39.